The van der Waals surface area contributed by atoms with E-state index in [0.717, 1.165) is 5.69 Å². The van der Waals surface area contributed by atoms with E-state index in [0.29, 0.717) is 18.5 Å². The zero-order chi connectivity index (χ0) is 11.9. The van der Waals surface area contributed by atoms with E-state index in [1.54, 1.807) is 6.20 Å². The van der Waals surface area contributed by atoms with Crippen molar-refractivity contribution in [2.24, 2.45) is 10.8 Å². The third kappa shape index (κ3) is 3.67. The number of rotatable bonds is 3. The van der Waals surface area contributed by atoms with Crippen LogP contribution in [0, 0.1) is 0 Å². The fourth-order valence-electron chi connectivity index (χ4n) is 1.97. The molecule has 1 saturated carbocycles. The zero-order valence-electron chi connectivity index (χ0n) is 9.76. The van der Waals surface area contributed by atoms with Gasteiger partial charge in [-0.3, -0.25) is 5.43 Å². The topological polar surface area (TPSA) is 88.2 Å². The molecule has 1 heterocycles. The van der Waals surface area contributed by atoms with Gasteiger partial charge in [0.15, 0.2) is 0 Å². The first kappa shape index (κ1) is 11.8. The lowest BCUT2D eigenvalue weighted by Crippen LogP contribution is -2.45. The molecule has 0 aromatic carbocycles. The number of hydrazine groups is 1. The molecule has 0 amide bonds. The summed E-state index contributed by atoms with van der Waals surface area (Å²) in [4.78, 5) is 4.34. The molecule has 1 aromatic heterocycles. The molecule has 0 bridgehead atoms. The van der Waals surface area contributed by atoms with Gasteiger partial charge >= 0.3 is 0 Å². The van der Waals surface area contributed by atoms with Crippen molar-refractivity contribution in [2.75, 3.05) is 0 Å². The Labute approximate surface area is 101 Å². The van der Waals surface area contributed by atoms with Gasteiger partial charge in [0.2, 0.25) is 5.96 Å². The Morgan fingerprint density at radius 1 is 1.47 bits per heavy atom. The van der Waals surface area contributed by atoms with Gasteiger partial charge in [-0.05, 0) is 25.0 Å². The monoisotopic (exact) mass is 234 g/mol. The van der Waals surface area contributed by atoms with Crippen LogP contribution in [0.5, 0.6) is 0 Å². The van der Waals surface area contributed by atoms with E-state index < -0.39 is 0 Å². The number of aliphatic imine (C=N–C) groups is 1. The molecule has 0 saturated heterocycles. The summed E-state index contributed by atoms with van der Waals surface area (Å²) < 4.78 is 0. The van der Waals surface area contributed by atoms with E-state index in [9.17, 15) is 0 Å². The summed E-state index contributed by atoms with van der Waals surface area (Å²) in [5, 5.41) is 11.1. The highest BCUT2D eigenvalue weighted by atomic mass is 15.3. The SMILES string of the molecule is NNC(=NCc1cccnn1)NC1CCCC1. The number of hydrogen-bond acceptors (Lipinski definition) is 4. The van der Waals surface area contributed by atoms with Crippen LogP contribution in [0.25, 0.3) is 0 Å². The van der Waals surface area contributed by atoms with Gasteiger partial charge in [0.1, 0.15) is 0 Å². The standard InChI is InChI=1S/C11H18N6/c12-16-11(15-9-4-1-2-5-9)13-8-10-6-3-7-14-17-10/h3,6-7,9H,1-2,4-5,8,12H2,(H2,13,15,16). The number of hydrogen-bond donors (Lipinski definition) is 3. The van der Waals surface area contributed by atoms with Crippen molar-refractivity contribution in [1.82, 2.24) is 20.9 Å². The summed E-state index contributed by atoms with van der Waals surface area (Å²) in [7, 11) is 0. The lowest BCUT2D eigenvalue weighted by Gasteiger charge is -2.14. The molecule has 2 rings (SSSR count). The first-order valence-corrected chi connectivity index (χ1v) is 5.92. The zero-order valence-corrected chi connectivity index (χ0v) is 9.76. The minimum Gasteiger partial charge on any atom is -0.353 e. The van der Waals surface area contributed by atoms with Crippen molar-refractivity contribution < 1.29 is 0 Å². The maximum Gasteiger partial charge on any atom is 0.206 e. The van der Waals surface area contributed by atoms with E-state index in [2.05, 4.69) is 25.9 Å². The Kier molecular flexibility index (Phi) is 4.26. The summed E-state index contributed by atoms with van der Waals surface area (Å²) in [5.41, 5.74) is 3.42. The molecule has 4 N–H and O–H groups in total. The minimum absolute atomic E-state index is 0.479. The van der Waals surface area contributed by atoms with E-state index in [1.165, 1.54) is 25.7 Å². The van der Waals surface area contributed by atoms with Gasteiger partial charge in [0.25, 0.3) is 0 Å². The van der Waals surface area contributed by atoms with Crippen molar-refractivity contribution in [3.63, 3.8) is 0 Å². The number of aromatic nitrogens is 2. The molecule has 92 valence electrons. The predicted molar refractivity (Wildman–Crippen MR) is 65.9 cm³/mol. The van der Waals surface area contributed by atoms with Gasteiger partial charge in [-0.15, -0.1) is 0 Å². The van der Waals surface area contributed by atoms with Crippen LogP contribution >= 0.6 is 0 Å². The van der Waals surface area contributed by atoms with Gasteiger partial charge in [0.05, 0.1) is 12.2 Å². The van der Waals surface area contributed by atoms with Crippen LogP contribution in [-0.2, 0) is 6.54 Å². The summed E-state index contributed by atoms with van der Waals surface area (Å²) in [6, 6.07) is 4.23. The molecule has 1 aliphatic carbocycles. The van der Waals surface area contributed by atoms with Crippen LogP contribution in [0.15, 0.2) is 23.3 Å². The Hall–Kier alpha value is -1.69. The molecule has 1 aromatic rings. The van der Waals surface area contributed by atoms with Crippen LogP contribution in [0.3, 0.4) is 0 Å². The third-order valence-electron chi connectivity index (χ3n) is 2.86. The number of nitrogens with two attached hydrogens (primary N) is 1. The summed E-state index contributed by atoms with van der Waals surface area (Å²) in [5.74, 6) is 6.06. The molecule has 1 fully saturated rings. The molecule has 0 atom stereocenters. The second kappa shape index (κ2) is 6.15. The summed E-state index contributed by atoms with van der Waals surface area (Å²) >= 11 is 0. The smallest absolute Gasteiger partial charge is 0.206 e. The van der Waals surface area contributed by atoms with Crippen molar-refractivity contribution in [2.45, 2.75) is 38.3 Å². The van der Waals surface area contributed by atoms with Gasteiger partial charge in [-0.2, -0.15) is 10.2 Å². The fourth-order valence-corrected chi connectivity index (χ4v) is 1.97. The largest absolute Gasteiger partial charge is 0.353 e. The molecular formula is C11H18N6. The molecule has 0 unspecified atom stereocenters. The van der Waals surface area contributed by atoms with Crippen molar-refractivity contribution >= 4 is 5.96 Å². The van der Waals surface area contributed by atoms with Gasteiger partial charge < -0.3 is 5.32 Å². The lowest BCUT2D eigenvalue weighted by atomic mass is 10.2. The summed E-state index contributed by atoms with van der Waals surface area (Å²) in [6.45, 7) is 0.479. The van der Waals surface area contributed by atoms with Crippen LogP contribution in [0.1, 0.15) is 31.4 Å². The second-order valence-electron chi connectivity index (χ2n) is 4.15. The molecule has 6 heteroatoms. The van der Waals surface area contributed by atoms with E-state index in [1.807, 2.05) is 12.1 Å². The van der Waals surface area contributed by atoms with Crippen molar-refractivity contribution in [1.29, 1.82) is 0 Å². The maximum atomic E-state index is 5.44. The van der Waals surface area contributed by atoms with E-state index in [-0.39, 0.29) is 0 Å². The number of nitrogens with zero attached hydrogens (tertiary/aromatic N) is 3. The van der Waals surface area contributed by atoms with Gasteiger partial charge in [-0.1, -0.05) is 12.8 Å². The highest BCUT2D eigenvalue weighted by molar-refractivity contribution is 5.79. The minimum atomic E-state index is 0.479. The molecule has 6 nitrogen and oxygen atoms in total. The fraction of sp³-hybridized carbons (Fsp3) is 0.545. The first-order valence-electron chi connectivity index (χ1n) is 5.92. The molecule has 0 aliphatic heterocycles. The Morgan fingerprint density at radius 2 is 2.29 bits per heavy atom. The molecule has 0 spiro atoms. The highest BCUT2D eigenvalue weighted by Crippen LogP contribution is 2.17. The average molecular weight is 234 g/mol. The Morgan fingerprint density at radius 3 is 2.94 bits per heavy atom. The molecule has 17 heavy (non-hydrogen) atoms. The van der Waals surface area contributed by atoms with Crippen LogP contribution in [0.2, 0.25) is 0 Å². The lowest BCUT2D eigenvalue weighted by molar-refractivity contribution is 0.614. The van der Waals surface area contributed by atoms with Crippen LogP contribution in [0.4, 0.5) is 0 Å². The molecular weight excluding hydrogens is 216 g/mol. The Bertz CT molecular complexity index is 357. The molecule has 1 aliphatic rings. The first-order chi connectivity index (χ1) is 8.38. The highest BCUT2D eigenvalue weighted by Gasteiger charge is 2.15. The average Bonchev–Trinajstić information content (AvgIpc) is 2.88. The predicted octanol–water partition coefficient (Wildman–Crippen LogP) is 0.328. The van der Waals surface area contributed by atoms with E-state index in [4.69, 9.17) is 5.84 Å². The van der Waals surface area contributed by atoms with E-state index >= 15 is 0 Å². The normalized spacial score (nSPS) is 17.1. The maximum absolute atomic E-state index is 5.44. The van der Waals surface area contributed by atoms with Crippen molar-refractivity contribution in [3.05, 3.63) is 24.0 Å². The van der Waals surface area contributed by atoms with Crippen molar-refractivity contribution in [3.8, 4) is 0 Å². The van der Waals surface area contributed by atoms with Crippen LogP contribution < -0.4 is 16.6 Å². The van der Waals surface area contributed by atoms with Crippen LogP contribution in [-0.4, -0.2) is 22.2 Å². The van der Waals surface area contributed by atoms with Gasteiger partial charge in [-0.25, -0.2) is 10.8 Å². The Balaban J connectivity index is 1.88. The quantitative estimate of drug-likeness (QED) is 0.303. The number of nitrogens with one attached hydrogen (secondary N) is 2. The third-order valence-corrected chi connectivity index (χ3v) is 2.86. The van der Waals surface area contributed by atoms with Gasteiger partial charge in [0, 0.05) is 12.2 Å². The number of guanidine groups is 1. The summed E-state index contributed by atoms with van der Waals surface area (Å²) in [6.07, 6.45) is 6.57. The molecule has 0 radical (unpaired) electrons. The second-order valence-corrected chi connectivity index (χ2v) is 4.15.